The molecule has 0 saturated heterocycles. The molecule has 4 N–H and O–H groups in total. The summed E-state index contributed by atoms with van der Waals surface area (Å²) in [5, 5.41) is 5.56. The molecule has 0 aliphatic rings. The van der Waals surface area contributed by atoms with Crippen LogP contribution in [0.5, 0.6) is 0 Å². The van der Waals surface area contributed by atoms with Crippen molar-refractivity contribution in [1.82, 2.24) is 10.2 Å². The van der Waals surface area contributed by atoms with E-state index >= 15 is 0 Å². The van der Waals surface area contributed by atoms with Crippen LogP contribution in [-0.4, -0.2) is 43.9 Å². The number of nitrogen functional groups attached to an aromatic ring is 1. The van der Waals surface area contributed by atoms with Gasteiger partial charge in [-0.25, -0.2) is 0 Å². The van der Waals surface area contributed by atoms with Crippen molar-refractivity contribution < 1.29 is 9.59 Å². The largest absolute Gasteiger partial charge is 0.397 e. The first kappa shape index (κ1) is 17.0. The minimum atomic E-state index is -0.278. The second-order valence-corrected chi connectivity index (χ2v) is 6.35. The number of nitrogens with two attached hydrogens (primary N) is 1. The molecule has 1 aromatic carbocycles. The van der Waals surface area contributed by atoms with E-state index in [0.717, 1.165) is 17.9 Å². The fourth-order valence-corrected chi connectivity index (χ4v) is 2.67. The number of nitrogens with one attached hydrogen (secondary N) is 2. The highest BCUT2D eigenvalue weighted by atomic mass is 32.1. The smallest absolute Gasteiger partial charge is 0.265 e. The lowest BCUT2D eigenvalue weighted by Gasteiger charge is -2.09. The van der Waals surface area contributed by atoms with Gasteiger partial charge in [-0.2, -0.15) is 0 Å². The van der Waals surface area contributed by atoms with E-state index in [-0.39, 0.29) is 11.8 Å². The Morgan fingerprint density at radius 3 is 2.39 bits per heavy atom. The van der Waals surface area contributed by atoms with E-state index in [2.05, 4.69) is 10.6 Å². The summed E-state index contributed by atoms with van der Waals surface area (Å²) in [6, 6.07) is 10.3. The molecule has 23 heavy (non-hydrogen) atoms. The molecule has 1 aromatic heterocycles. The molecule has 0 atom stereocenters. The molecular formula is C16H20N4O2S. The molecule has 0 fully saturated rings. The van der Waals surface area contributed by atoms with Gasteiger partial charge in [0.05, 0.1) is 21.1 Å². The van der Waals surface area contributed by atoms with Crippen molar-refractivity contribution in [3.8, 4) is 0 Å². The molecule has 0 radical (unpaired) electrons. The van der Waals surface area contributed by atoms with Crippen LogP contribution in [0.3, 0.4) is 0 Å². The van der Waals surface area contributed by atoms with Crippen LogP contribution in [0.15, 0.2) is 36.4 Å². The SMILES string of the molecule is CN(C)CCNC(=O)c1ccc(C(=O)Nc2ccccc2N)s1. The van der Waals surface area contributed by atoms with Gasteiger partial charge in [-0.15, -0.1) is 11.3 Å². The van der Waals surface area contributed by atoms with Crippen molar-refractivity contribution >= 4 is 34.5 Å². The Bertz CT molecular complexity index is 697. The molecule has 7 heteroatoms. The monoisotopic (exact) mass is 332 g/mol. The van der Waals surface area contributed by atoms with Gasteiger partial charge in [0, 0.05) is 13.1 Å². The maximum absolute atomic E-state index is 12.2. The third-order valence-electron chi connectivity index (χ3n) is 3.11. The van der Waals surface area contributed by atoms with Gasteiger partial charge in [0.1, 0.15) is 0 Å². The summed E-state index contributed by atoms with van der Waals surface area (Å²) in [6.07, 6.45) is 0. The number of carbonyl (C=O) groups excluding carboxylic acids is 2. The van der Waals surface area contributed by atoms with Crippen LogP contribution < -0.4 is 16.4 Å². The highest BCUT2D eigenvalue weighted by Gasteiger charge is 2.14. The number of likely N-dealkylation sites (N-methyl/N-ethyl adjacent to an activating group) is 1. The summed E-state index contributed by atoms with van der Waals surface area (Å²) in [6.45, 7) is 1.32. The van der Waals surface area contributed by atoms with Gasteiger partial charge in [0.25, 0.3) is 11.8 Å². The molecule has 2 rings (SSSR count). The van der Waals surface area contributed by atoms with Gasteiger partial charge in [0.2, 0.25) is 0 Å². The molecule has 2 amide bonds. The second-order valence-electron chi connectivity index (χ2n) is 5.26. The van der Waals surface area contributed by atoms with Gasteiger partial charge in [-0.05, 0) is 38.4 Å². The molecule has 1 heterocycles. The first-order valence-electron chi connectivity index (χ1n) is 7.16. The average molecular weight is 332 g/mol. The molecular weight excluding hydrogens is 312 g/mol. The van der Waals surface area contributed by atoms with Crippen LogP contribution in [-0.2, 0) is 0 Å². The zero-order chi connectivity index (χ0) is 16.8. The second kappa shape index (κ2) is 7.75. The Labute approximate surface area is 139 Å². The van der Waals surface area contributed by atoms with E-state index in [1.165, 1.54) is 0 Å². The van der Waals surface area contributed by atoms with Crippen LogP contribution in [0, 0.1) is 0 Å². The Morgan fingerprint density at radius 1 is 1.09 bits per heavy atom. The number of rotatable bonds is 6. The van der Waals surface area contributed by atoms with E-state index in [4.69, 9.17) is 5.73 Å². The van der Waals surface area contributed by atoms with Gasteiger partial charge >= 0.3 is 0 Å². The standard InChI is InChI=1S/C16H20N4O2S/c1-20(2)10-9-18-15(21)13-7-8-14(23-13)16(22)19-12-6-4-3-5-11(12)17/h3-8H,9-10,17H2,1-2H3,(H,18,21)(H,19,22). The number of benzene rings is 1. The molecule has 0 spiro atoms. The number of amides is 2. The molecule has 0 unspecified atom stereocenters. The van der Waals surface area contributed by atoms with Crippen LogP contribution in [0.1, 0.15) is 19.3 Å². The number of para-hydroxylation sites is 2. The maximum atomic E-state index is 12.2. The van der Waals surface area contributed by atoms with Gasteiger partial charge in [0.15, 0.2) is 0 Å². The number of hydrogen-bond acceptors (Lipinski definition) is 5. The van der Waals surface area contributed by atoms with Gasteiger partial charge in [-0.3, -0.25) is 9.59 Å². The molecule has 0 aliphatic carbocycles. The molecule has 6 nitrogen and oxygen atoms in total. The number of thiophene rings is 1. The fourth-order valence-electron chi connectivity index (χ4n) is 1.86. The highest BCUT2D eigenvalue weighted by Crippen LogP contribution is 2.21. The molecule has 0 bridgehead atoms. The van der Waals surface area contributed by atoms with Crippen molar-refractivity contribution in [2.24, 2.45) is 0 Å². The lowest BCUT2D eigenvalue weighted by atomic mass is 10.2. The first-order valence-corrected chi connectivity index (χ1v) is 7.97. The predicted molar refractivity (Wildman–Crippen MR) is 94.0 cm³/mol. The van der Waals surface area contributed by atoms with Gasteiger partial charge < -0.3 is 21.3 Å². The van der Waals surface area contributed by atoms with Crippen molar-refractivity contribution in [3.05, 3.63) is 46.2 Å². The van der Waals surface area contributed by atoms with Gasteiger partial charge in [-0.1, -0.05) is 12.1 Å². The zero-order valence-electron chi connectivity index (χ0n) is 13.1. The van der Waals surface area contributed by atoms with Crippen LogP contribution in [0.25, 0.3) is 0 Å². The summed E-state index contributed by atoms with van der Waals surface area (Å²) in [5.41, 5.74) is 6.86. The molecule has 2 aromatic rings. The Balaban J connectivity index is 1.97. The summed E-state index contributed by atoms with van der Waals surface area (Å²) in [4.78, 5) is 27.2. The molecule has 122 valence electrons. The van der Waals surface area contributed by atoms with Crippen LogP contribution >= 0.6 is 11.3 Å². The third kappa shape index (κ3) is 4.80. The Hall–Kier alpha value is -2.38. The maximum Gasteiger partial charge on any atom is 0.265 e. The average Bonchev–Trinajstić information content (AvgIpc) is 2.99. The molecule has 0 aliphatic heterocycles. The van der Waals surface area contributed by atoms with Crippen LogP contribution in [0.4, 0.5) is 11.4 Å². The zero-order valence-corrected chi connectivity index (χ0v) is 13.9. The van der Waals surface area contributed by atoms with Crippen molar-refractivity contribution in [2.45, 2.75) is 0 Å². The van der Waals surface area contributed by atoms with Crippen molar-refractivity contribution in [1.29, 1.82) is 0 Å². The van der Waals surface area contributed by atoms with Crippen molar-refractivity contribution in [2.75, 3.05) is 38.2 Å². The lowest BCUT2D eigenvalue weighted by molar-refractivity contribution is 0.0954. The highest BCUT2D eigenvalue weighted by molar-refractivity contribution is 7.16. The predicted octanol–water partition coefficient (Wildman–Crippen LogP) is 1.87. The quantitative estimate of drug-likeness (QED) is 0.705. The fraction of sp³-hybridized carbons (Fsp3) is 0.250. The van der Waals surface area contributed by atoms with E-state index in [0.29, 0.717) is 27.7 Å². The third-order valence-corrected chi connectivity index (χ3v) is 4.19. The summed E-state index contributed by atoms with van der Waals surface area (Å²) in [7, 11) is 3.88. The number of anilines is 2. The number of carbonyl (C=O) groups is 2. The number of hydrogen-bond donors (Lipinski definition) is 3. The van der Waals surface area contributed by atoms with E-state index in [9.17, 15) is 9.59 Å². The summed E-state index contributed by atoms with van der Waals surface area (Å²) >= 11 is 1.15. The minimum Gasteiger partial charge on any atom is -0.397 e. The van der Waals surface area contributed by atoms with Crippen LogP contribution in [0.2, 0.25) is 0 Å². The summed E-state index contributed by atoms with van der Waals surface area (Å²) < 4.78 is 0. The topological polar surface area (TPSA) is 87.5 Å². The normalized spacial score (nSPS) is 10.6. The Kier molecular flexibility index (Phi) is 5.72. The molecule has 0 saturated carbocycles. The van der Waals surface area contributed by atoms with E-state index < -0.39 is 0 Å². The van der Waals surface area contributed by atoms with Crippen molar-refractivity contribution in [3.63, 3.8) is 0 Å². The lowest BCUT2D eigenvalue weighted by Crippen LogP contribution is -2.30. The summed E-state index contributed by atoms with van der Waals surface area (Å²) in [5.74, 6) is -0.449. The first-order chi connectivity index (χ1) is 11.0. The minimum absolute atomic E-state index is 0.171. The van der Waals surface area contributed by atoms with E-state index in [1.807, 2.05) is 19.0 Å². The number of nitrogens with zero attached hydrogens (tertiary/aromatic N) is 1. The Morgan fingerprint density at radius 2 is 1.74 bits per heavy atom. The van der Waals surface area contributed by atoms with E-state index in [1.54, 1.807) is 36.4 Å².